The van der Waals surface area contributed by atoms with Crippen LogP contribution < -0.4 is 0 Å². The van der Waals surface area contributed by atoms with Crippen LogP contribution in [0.1, 0.15) is 60.3 Å². The molecular formula is C16H27NO3. The summed E-state index contributed by atoms with van der Waals surface area (Å²) in [7, 11) is 0. The van der Waals surface area contributed by atoms with Crippen molar-refractivity contribution in [2.75, 3.05) is 13.1 Å². The maximum atomic E-state index is 13.1. The van der Waals surface area contributed by atoms with Crippen molar-refractivity contribution >= 4 is 11.9 Å². The molecule has 20 heavy (non-hydrogen) atoms. The summed E-state index contributed by atoms with van der Waals surface area (Å²) in [6, 6.07) is 0. The van der Waals surface area contributed by atoms with E-state index < -0.39 is 16.4 Å². The summed E-state index contributed by atoms with van der Waals surface area (Å²) in [6.45, 7) is 11.6. The SMILES string of the molecule is CCCN(CCC)C(=O)C12CCC(C)(C(=O)O1)C2(C)C. The number of rotatable bonds is 5. The Balaban J connectivity index is 2.36. The highest BCUT2D eigenvalue weighted by Gasteiger charge is 2.76. The molecule has 2 aliphatic rings. The molecule has 1 saturated heterocycles. The molecule has 0 N–H and O–H groups in total. The number of amides is 1. The van der Waals surface area contributed by atoms with Crippen LogP contribution >= 0.6 is 0 Å². The van der Waals surface area contributed by atoms with Crippen LogP contribution in [0.15, 0.2) is 0 Å². The van der Waals surface area contributed by atoms with Crippen LogP contribution in [0, 0.1) is 10.8 Å². The zero-order chi connectivity index (χ0) is 15.2. The molecule has 1 amide bonds. The lowest BCUT2D eigenvalue weighted by Crippen LogP contribution is -2.55. The Bertz CT molecular complexity index is 425. The number of hydrogen-bond acceptors (Lipinski definition) is 3. The van der Waals surface area contributed by atoms with Gasteiger partial charge in [-0.25, -0.2) is 0 Å². The van der Waals surface area contributed by atoms with E-state index in [1.54, 1.807) is 0 Å². The third kappa shape index (κ3) is 1.66. The zero-order valence-electron chi connectivity index (χ0n) is 13.4. The average molecular weight is 281 g/mol. The molecule has 0 aromatic carbocycles. The van der Waals surface area contributed by atoms with E-state index in [0.717, 1.165) is 32.4 Å². The summed E-state index contributed by atoms with van der Waals surface area (Å²) < 4.78 is 5.67. The molecule has 2 bridgehead atoms. The zero-order valence-corrected chi connectivity index (χ0v) is 13.4. The summed E-state index contributed by atoms with van der Waals surface area (Å²) >= 11 is 0. The number of ether oxygens (including phenoxy) is 1. The summed E-state index contributed by atoms with van der Waals surface area (Å²) in [4.78, 5) is 27.2. The van der Waals surface area contributed by atoms with E-state index in [1.807, 2.05) is 25.7 Å². The van der Waals surface area contributed by atoms with E-state index in [0.29, 0.717) is 6.42 Å². The molecule has 0 aromatic heterocycles. The summed E-state index contributed by atoms with van der Waals surface area (Å²) in [5.74, 6) is -0.184. The number of carbonyl (C=O) groups excluding carboxylic acids is 2. The highest BCUT2D eigenvalue weighted by Crippen LogP contribution is 2.65. The average Bonchev–Trinajstić information content (AvgIpc) is 2.68. The van der Waals surface area contributed by atoms with Gasteiger partial charge in [-0.3, -0.25) is 9.59 Å². The van der Waals surface area contributed by atoms with Crippen LogP contribution in [-0.4, -0.2) is 35.5 Å². The van der Waals surface area contributed by atoms with Crippen molar-refractivity contribution in [2.24, 2.45) is 10.8 Å². The van der Waals surface area contributed by atoms with Gasteiger partial charge in [-0.15, -0.1) is 0 Å². The molecule has 0 spiro atoms. The van der Waals surface area contributed by atoms with E-state index in [1.165, 1.54) is 0 Å². The van der Waals surface area contributed by atoms with Gasteiger partial charge in [-0.05, 0) is 32.6 Å². The second-order valence-electron chi connectivity index (χ2n) is 6.97. The first kappa shape index (κ1) is 15.3. The Morgan fingerprint density at radius 1 is 1.15 bits per heavy atom. The smallest absolute Gasteiger partial charge is 0.313 e. The van der Waals surface area contributed by atoms with Crippen LogP contribution in [0.3, 0.4) is 0 Å². The molecule has 2 atom stereocenters. The summed E-state index contributed by atoms with van der Waals surface area (Å²) in [5.41, 5.74) is -1.90. The predicted molar refractivity (Wildman–Crippen MR) is 77.1 cm³/mol. The Hall–Kier alpha value is -1.06. The van der Waals surface area contributed by atoms with E-state index in [2.05, 4.69) is 13.8 Å². The molecule has 0 aromatic rings. The van der Waals surface area contributed by atoms with E-state index >= 15 is 0 Å². The maximum absolute atomic E-state index is 13.1. The van der Waals surface area contributed by atoms with Crippen molar-refractivity contribution in [1.29, 1.82) is 0 Å². The van der Waals surface area contributed by atoms with Crippen molar-refractivity contribution in [3.8, 4) is 0 Å². The number of nitrogens with zero attached hydrogens (tertiary/aromatic N) is 1. The van der Waals surface area contributed by atoms with Crippen LogP contribution in [0.4, 0.5) is 0 Å². The van der Waals surface area contributed by atoms with Gasteiger partial charge in [-0.2, -0.15) is 0 Å². The number of esters is 1. The molecule has 0 radical (unpaired) electrons. The van der Waals surface area contributed by atoms with Gasteiger partial charge in [0.15, 0.2) is 5.60 Å². The van der Waals surface area contributed by atoms with Gasteiger partial charge < -0.3 is 9.64 Å². The minimum atomic E-state index is -0.941. The first-order valence-corrected chi connectivity index (χ1v) is 7.79. The molecule has 4 nitrogen and oxygen atoms in total. The molecule has 2 rings (SSSR count). The molecule has 1 aliphatic carbocycles. The number of hydrogen-bond donors (Lipinski definition) is 0. The topological polar surface area (TPSA) is 46.6 Å². The minimum absolute atomic E-state index is 0.0146. The van der Waals surface area contributed by atoms with Gasteiger partial charge in [-0.1, -0.05) is 27.7 Å². The van der Waals surface area contributed by atoms with Crippen molar-refractivity contribution in [2.45, 2.75) is 65.9 Å². The Labute approximate surface area is 121 Å². The van der Waals surface area contributed by atoms with Crippen LogP contribution in [0.2, 0.25) is 0 Å². The first-order chi connectivity index (χ1) is 9.27. The van der Waals surface area contributed by atoms with Gasteiger partial charge in [0.05, 0.1) is 5.41 Å². The van der Waals surface area contributed by atoms with Crippen molar-refractivity contribution < 1.29 is 14.3 Å². The van der Waals surface area contributed by atoms with E-state index in [-0.39, 0.29) is 11.9 Å². The highest BCUT2D eigenvalue weighted by atomic mass is 16.6. The normalized spacial score (nSPS) is 34.1. The van der Waals surface area contributed by atoms with Gasteiger partial charge in [0.25, 0.3) is 5.91 Å². The lowest BCUT2D eigenvalue weighted by molar-refractivity contribution is -0.174. The lowest BCUT2D eigenvalue weighted by atomic mass is 9.66. The quantitative estimate of drug-likeness (QED) is 0.728. The third-order valence-electron chi connectivity index (χ3n) is 5.70. The molecule has 1 heterocycles. The van der Waals surface area contributed by atoms with Gasteiger partial charge in [0, 0.05) is 18.5 Å². The summed E-state index contributed by atoms with van der Waals surface area (Å²) in [5, 5.41) is 0. The molecule has 1 saturated carbocycles. The Morgan fingerprint density at radius 2 is 1.70 bits per heavy atom. The molecular weight excluding hydrogens is 254 g/mol. The lowest BCUT2D eigenvalue weighted by Gasteiger charge is -2.39. The van der Waals surface area contributed by atoms with Crippen molar-refractivity contribution in [1.82, 2.24) is 4.90 Å². The fraction of sp³-hybridized carbons (Fsp3) is 0.875. The van der Waals surface area contributed by atoms with Crippen LogP contribution in [0.5, 0.6) is 0 Å². The Kier molecular flexibility index (Phi) is 3.64. The van der Waals surface area contributed by atoms with Crippen LogP contribution in [0.25, 0.3) is 0 Å². The predicted octanol–water partition coefficient (Wildman–Crippen LogP) is 2.76. The third-order valence-corrected chi connectivity index (χ3v) is 5.70. The van der Waals surface area contributed by atoms with Gasteiger partial charge >= 0.3 is 5.97 Å². The van der Waals surface area contributed by atoms with E-state index in [9.17, 15) is 9.59 Å². The Morgan fingerprint density at radius 3 is 2.05 bits per heavy atom. The van der Waals surface area contributed by atoms with Crippen molar-refractivity contribution in [3.05, 3.63) is 0 Å². The molecule has 2 fully saturated rings. The van der Waals surface area contributed by atoms with Gasteiger partial charge in [0.1, 0.15) is 0 Å². The molecule has 2 unspecified atom stereocenters. The highest BCUT2D eigenvalue weighted by molar-refractivity contribution is 5.96. The summed E-state index contributed by atoms with van der Waals surface area (Å²) in [6.07, 6.45) is 3.25. The number of carbonyl (C=O) groups is 2. The molecule has 114 valence electrons. The number of fused-ring (bicyclic) bond motifs is 2. The molecule has 4 heteroatoms. The molecule has 1 aliphatic heterocycles. The first-order valence-electron chi connectivity index (χ1n) is 7.79. The fourth-order valence-electron chi connectivity index (χ4n) is 3.83. The second kappa shape index (κ2) is 4.74. The largest absolute Gasteiger partial charge is 0.448 e. The maximum Gasteiger partial charge on any atom is 0.313 e. The fourth-order valence-corrected chi connectivity index (χ4v) is 3.83. The van der Waals surface area contributed by atoms with E-state index in [4.69, 9.17) is 4.74 Å². The minimum Gasteiger partial charge on any atom is -0.448 e. The van der Waals surface area contributed by atoms with Crippen molar-refractivity contribution in [3.63, 3.8) is 0 Å². The standard InChI is InChI=1S/C16H27NO3/c1-6-10-17(11-7-2)12(18)16-9-8-15(5,13(19)20-16)14(16,3)4/h6-11H2,1-5H3. The second-order valence-corrected chi connectivity index (χ2v) is 6.97. The van der Waals surface area contributed by atoms with Crippen LogP contribution in [-0.2, 0) is 14.3 Å². The van der Waals surface area contributed by atoms with Gasteiger partial charge in [0.2, 0.25) is 0 Å². The monoisotopic (exact) mass is 281 g/mol.